The van der Waals surface area contributed by atoms with Crippen LogP contribution in [0.2, 0.25) is 5.02 Å². The molecule has 106 valence electrons. The van der Waals surface area contributed by atoms with Crippen LogP contribution in [0.25, 0.3) is 0 Å². The second-order valence-corrected chi connectivity index (χ2v) is 6.61. The number of nitrogens with one attached hydrogen (secondary N) is 1. The third kappa shape index (κ3) is 5.43. The van der Waals surface area contributed by atoms with Crippen LogP contribution in [-0.2, 0) is 4.79 Å². The lowest BCUT2D eigenvalue weighted by Gasteiger charge is -2.22. The first kappa shape index (κ1) is 16.3. The third-order valence-electron chi connectivity index (χ3n) is 2.82. The molecule has 0 aromatic heterocycles. The van der Waals surface area contributed by atoms with Crippen molar-refractivity contribution in [2.45, 2.75) is 37.0 Å². The highest BCUT2D eigenvalue weighted by molar-refractivity contribution is 8.00. The molecule has 0 spiro atoms. The van der Waals surface area contributed by atoms with E-state index in [9.17, 15) is 9.90 Å². The van der Waals surface area contributed by atoms with Gasteiger partial charge in [0.1, 0.15) is 0 Å². The molecular weight excluding hydrogens is 282 g/mol. The van der Waals surface area contributed by atoms with E-state index in [4.69, 9.17) is 11.6 Å². The maximum absolute atomic E-state index is 12.0. The minimum atomic E-state index is -0.214. The molecule has 0 aliphatic heterocycles. The summed E-state index contributed by atoms with van der Waals surface area (Å²) in [6.45, 7) is 5.75. The number of carbonyl (C=O) groups is 1. The second-order valence-electron chi connectivity index (χ2n) is 4.76. The Bertz CT molecular complexity index is 408. The van der Waals surface area contributed by atoms with Crippen molar-refractivity contribution in [1.82, 2.24) is 5.32 Å². The number of carbonyl (C=O) groups excluding carboxylic acids is 1. The summed E-state index contributed by atoms with van der Waals surface area (Å²) in [5.74, 6) is 0.148. The van der Waals surface area contributed by atoms with Crippen molar-refractivity contribution < 1.29 is 9.90 Å². The first-order valence-corrected chi connectivity index (χ1v) is 7.53. The highest BCUT2D eigenvalue weighted by Gasteiger charge is 2.20. The van der Waals surface area contributed by atoms with Crippen LogP contribution in [0, 0.1) is 5.92 Å². The Morgan fingerprint density at radius 1 is 1.32 bits per heavy atom. The predicted molar refractivity (Wildman–Crippen MR) is 80.6 cm³/mol. The second kappa shape index (κ2) is 7.78. The van der Waals surface area contributed by atoms with E-state index in [1.54, 1.807) is 12.1 Å². The number of aliphatic hydroxyl groups is 1. The Morgan fingerprint density at radius 3 is 2.37 bits per heavy atom. The number of hydrogen-bond donors (Lipinski definition) is 2. The lowest BCUT2D eigenvalue weighted by molar-refractivity contribution is -0.121. The van der Waals surface area contributed by atoms with Crippen molar-refractivity contribution >= 4 is 29.3 Å². The largest absolute Gasteiger partial charge is 0.394 e. The average Bonchev–Trinajstić information content (AvgIpc) is 2.37. The first-order chi connectivity index (χ1) is 8.93. The number of rotatable bonds is 6. The maximum Gasteiger partial charge on any atom is 0.233 e. The molecule has 1 rings (SSSR count). The fraction of sp³-hybridized carbons (Fsp3) is 0.500. The van der Waals surface area contributed by atoms with Crippen LogP contribution >= 0.6 is 23.4 Å². The Kier molecular flexibility index (Phi) is 6.69. The Balaban J connectivity index is 2.55. The molecule has 1 aromatic carbocycles. The Hall–Kier alpha value is -0.710. The topological polar surface area (TPSA) is 49.3 Å². The van der Waals surface area contributed by atoms with E-state index in [2.05, 4.69) is 5.32 Å². The van der Waals surface area contributed by atoms with Gasteiger partial charge in [0.2, 0.25) is 5.91 Å². The van der Waals surface area contributed by atoms with Gasteiger partial charge in [-0.2, -0.15) is 0 Å². The van der Waals surface area contributed by atoms with Crippen molar-refractivity contribution in [2.75, 3.05) is 6.61 Å². The summed E-state index contributed by atoms with van der Waals surface area (Å²) >= 11 is 7.29. The molecule has 2 unspecified atom stereocenters. The smallest absolute Gasteiger partial charge is 0.233 e. The van der Waals surface area contributed by atoms with E-state index < -0.39 is 0 Å². The van der Waals surface area contributed by atoms with Crippen molar-refractivity contribution in [1.29, 1.82) is 0 Å². The molecule has 0 saturated heterocycles. The molecule has 0 radical (unpaired) electrons. The van der Waals surface area contributed by atoms with Gasteiger partial charge in [-0.05, 0) is 37.1 Å². The summed E-state index contributed by atoms with van der Waals surface area (Å²) in [4.78, 5) is 13.0. The number of halogens is 1. The molecule has 0 fully saturated rings. The van der Waals surface area contributed by atoms with Crippen molar-refractivity contribution in [3.05, 3.63) is 29.3 Å². The van der Waals surface area contributed by atoms with Crippen molar-refractivity contribution in [2.24, 2.45) is 5.92 Å². The highest BCUT2D eigenvalue weighted by atomic mass is 35.5. The number of aliphatic hydroxyl groups excluding tert-OH is 1. The van der Waals surface area contributed by atoms with Gasteiger partial charge in [-0.25, -0.2) is 0 Å². The molecule has 1 amide bonds. The van der Waals surface area contributed by atoms with Crippen molar-refractivity contribution in [3.8, 4) is 0 Å². The van der Waals surface area contributed by atoms with E-state index >= 15 is 0 Å². The zero-order valence-corrected chi connectivity index (χ0v) is 13.0. The quantitative estimate of drug-likeness (QED) is 0.794. The number of amides is 1. The molecule has 0 bridgehead atoms. The van der Waals surface area contributed by atoms with E-state index in [0.717, 1.165) is 4.90 Å². The van der Waals surface area contributed by atoms with Gasteiger partial charge >= 0.3 is 0 Å². The minimum Gasteiger partial charge on any atom is -0.394 e. The van der Waals surface area contributed by atoms with Gasteiger partial charge < -0.3 is 10.4 Å². The molecule has 3 nitrogen and oxygen atoms in total. The predicted octanol–water partition coefficient (Wildman–Crippen LogP) is 2.95. The average molecular weight is 302 g/mol. The molecule has 0 aliphatic carbocycles. The zero-order chi connectivity index (χ0) is 14.4. The lowest BCUT2D eigenvalue weighted by atomic mass is 10.1. The van der Waals surface area contributed by atoms with Crippen molar-refractivity contribution in [3.63, 3.8) is 0 Å². The van der Waals surface area contributed by atoms with Crippen LogP contribution in [0.15, 0.2) is 29.2 Å². The van der Waals surface area contributed by atoms with Crippen LogP contribution in [0.1, 0.15) is 20.8 Å². The van der Waals surface area contributed by atoms with E-state index in [-0.39, 0.29) is 29.7 Å². The fourth-order valence-corrected chi connectivity index (χ4v) is 2.50. The molecule has 1 aromatic rings. The van der Waals surface area contributed by atoms with Crippen LogP contribution in [0.5, 0.6) is 0 Å². The van der Waals surface area contributed by atoms with E-state index in [0.29, 0.717) is 5.02 Å². The zero-order valence-electron chi connectivity index (χ0n) is 11.4. The van der Waals surface area contributed by atoms with Crippen LogP contribution < -0.4 is 5.32 Å². The first-order valence-electron chi connectivity index (χ1n) is 6.27. The van der Waals surface area contributed by atoms with Gasteiger partial charge in [0, 0.05) is 9.92 Å². The standard InChI is InChI=1S/C14H20ClNO2S/c1-9(2)13(8-17)16-14(18)10(3)19-12-6-4-11(15)5-7-12/h4-7,9-10,13,17H,8H2,1-3H3,(H,16,18). The number of thioether (sulfide) groups is 1. The Morgan fingerprint density at radius 2 is 1.89 bits per heavy atom. The summed E-state index contributed by atoms with van der Waals surface area (Å²) in [5, 5.41) is 12.5. The fourth-order valence-electron chi connectivity index (χ4n) is 1.49. The summed E-state index contributed by atoms with van der Waals surface area (Å²) in [7, 11) is 0. The number of benzene rings is 1. The minimum absolute atomic E-state index is 0.0399. The summed E-state index contributed by atoms with van der Waals surface area (Å²) in [6.07, 6.45) is 0. The van der Waals surface area contributed by atoms with Crippen LogP contribution in [0.4, 0.5) is 0 Å². The van der Waals surface area contributed by atoms with Crippen LogP contribution in [0.3, 0.4) is 0 Å². The molecule has 0 saturated carbocycles. The molecule has 5 heteroatoms. The third-order valence-corrected chi connectivity index (χ3v) is 4.19. The SMILES string of the molecule is CC(Sc1ccc(Cl)cc1)C(=O)NC(CO)C(C)C. The van der Waals surface area contributed by atoms with Gasteiger partial charge in [0.05, 0.1) is 17.9 Å². The lowest BCUT2D eigenvalue weighted by Crippen LogP contribution is -2.44. The molecule has 19 heavy (non-hydrogen) atoms. The molecule has 2 N–H and O–H groups in total. The van der Waals surface area contributed by atoms with Gasteiger partial charge in [-0.1, -0.05) is 25.4 Å². The van der Waals surface area contributed by atoms with E-state index in [1.807, 2.05) is 32.9 Å². The summed E-state index contributed by atoms with van der Waals surface area (Å²) < 4.78 is 0. The summed E-state index contributed by atoms with van der Waals surface area (Å²) in [6, 6.07) is 7.20. The normalized spacial score (nSPS) is 14.2. The number of hydrogen-bond acceptors (Lipinski definition) is 3. The van der Waals surface area contributed by atoms with Gasteiger partial charge in [0.25, 0.3) is 0 Å². The highest BCUT2D eigenvalue weighted by Crippen LogP contribution is 2.24. The molecular formula is C14H20ClNO2S. The molecule has 0 heterocycles. The maximum atomic E-state index is 12.0. The van der Waals surface area contributed by atoms with Gasteiger partial charge in [-0.15, -0.1) is 11.8 Å². The monoisotopic (exact) mass is 301 g/mol. The summed E-state index contributed by atoms with van der Waals surface area (Å²) in [5.41, 5.74) is 0. The van der Waals surface area contributed by atoms with Gasteiger partial charge in [-0.3, -0.25) is 4.79 Å². The Labute approximate surface area is 123 Å². The molecule has 0 aliphatic rings. The van der Waals surface area contributed by atoms with Gasteiger partial charge in [0.15, 0.2) is 0 Å². The molecule has 2 atom stereocenters. The van der Waals surface area contributed by atoms with Crippen LogP contribution in [-0.4, -0.2) is 28.9 Å². The van der Waals surface area contributed by atoms with E-state index in [1.165, 1.54) is 11.8 Å².